The van der Waals surface area contributed by atoms with Gasteiger partial charge in [0.05, 0.1) is 5.75 Å². The van der Waals surface area contributed by atoms with Crippen molar-refractivity contribution in [3.8, 4) is 0 Å². The van der Waals surface area contributed by atoms with Crippen molar-refractivity contribution < 1.29 is 9.18 Å². The van der Waals surface area contributed by atoms with Crippen molar-refractivity contribution in [3.63, 3.8) is 0 Å². The lowest BCUT2D eigenvalue weighted by Gasteiger charge is -2.04. The first-order valence-corrected chi connectivity index (χ1v) is 7.09. The fourth-order valence-corrected chi connectivity index (χ4v) is 2.34. The van der Waals surface area contributed by atoms with E-state index in [2.05, 4.69) is 25.6 Å². The van der Waals surface area contributed by atoms with Crippen LogP contribution in [-0.4, -0.2) is 36.5 Å². The molecule has 0 radical (unpaired) electrons. The minimum Gasteiger partial charge on any atom is -0.325 e. The van der Waals surface area contributed by atoms with E-state index >= 15 is 0 Å². The zero-order valence-electron chi connectivity index (χ0n) is 11.0. The molecule has 0 aliphatic heterocycles. The number of nitrogens with zero attached hydrogens (tertiary/aromatic N) is 4. The molecule has 0 saturated heterocycles. The van der Waals surface area contributed by atoms with E-state index in [0.29, 0.717) is 10.8 Å². The van der Waals surface area contributed by atoms with Crippen molar-refractivity contribution in [3.05, 3.63) is 46.6 Å². The second-order valence-corrected chi connectivity index (χ2v) is 5.14. The minimum absolute atomic E-state index is 0.0684. The molecular weight excluding hydrogens is 311 g/mol. The Morgan fingerprint density at radius 2 is 2.09 bits per heavy atom. The van der Waals surface area contributed by atoms with Crippen LogP contribution in [0, 0.1) is 5.82 Å². The Hall–Kier alpha value is -2.75. The number of anilines is 1. The standard InChI is InChI=1S/C12H9FN6O2S/c13-7-1-3-8(4-2-7)15-10(21)6-22-12-18-17-11-16-9(20)5-14-19(11)12/h1-5H,6H2,(H,15,21)(H,16,17,20). The highest BCUT2D eigenvalue weighted by atomic mass is 32.2. The molecule has 3 aromatic rings. The van der Waals surface area contributed by atoms with Crippen LogP contribution >= 0.6 is 11.8 Å². The van der Waals surface area contributed by atoms with E-state index < -0.39 is 0 Å². The first-order chi connectivity index (χ1) is 10.6. The average molecular weight is 320 g/mol. The van der Waals surface area contributed by atoms with Gasteiger partial charge in [-0.1, -0.05) is 11.8 Å². The van der Waals surface area contributed by atoms with Gasteiger partial charge >= 0.3 is 0 Å². The summed E-state index contributed by atoms with van der Waals surface area (Å²) in [5.74, 6) is -0.381. The number of H-pyrrole nitrogens is 1. The van der Waals surface area contributed by atoms with E-state index in [1.54, 1.807) is 0 Å². The van der Waals surface area contributed by atoms with Gasteiger partial charge in [0.2, 0.25) is 11.1 Å². The number of amides is 1. The van der Waals surface area contributed by atoms with Gasteiger partial charge in [-0.3, -0.25) is 14.6 Å². The van der Waals surface area contributed by atoms with Crippen molar-refractivity contribution in [2.45, 2.75) is 5.16 Å². The molecule has 0 saturated carbocycles. The highest BCUT2D eigenvalue weighted by Crippen LogP contribution is 2.15. The molecule has 0 aliphatic carbocycles. The molecule has 2 heterocycles. The molecule has 112 valence electrons. The number of halogens is 1. The monoisotopic (exact) mass is 320 g/mol. The zero-order chi connectivity index (χ0) is 15.5. The number of aromatic amines is 1. The number of thioether (sulfide) groups is 1. The smallest absolute Gasteiger partial charge is 0.271 e. The number of hydrogen-bond donors (Lipinski definition) is 2. The van der Waals surface area contributed by atoms with Gasteiger partial charge in [0.15, 0.2) is 0 Å². The quantitative estimate of drug-likeness (QED) is 0.685. The zero-order valence-corrected chi connectivity index (χ0v) is 11.8. The van der Waals surface area contributed by atoms with Crippen LogP contribution < -0.4 is 10.9 Å². The summed E-state index contributed by atoms with van der Waals surface area (Å²) in [6.45, 7) is 0. The Bertz CT molecular complexity index is 875. The molecule has 0 unspecified atom stereocenters. The largest absolute Gasteiger partial charge is 0.325 e. The van der Waals surface area contributed by atoms with Gasteiger partial charge in [-0.05, 0) is 24.3 Å². The molecule has 0 aliphatic rings. The lowest BCUT2D eigenvalue weighted by atomic mass is 10.3. The van der Waals surface area contributed by atoms with Gasteiger partial charge in [-0.2, -0.15) is 9.61 Å². The minimum atomic E-state index is -0.384. The Morgan fingerprint density at radius 3 is 2.86 bits per heavy atom. The third-order valence-corrected chi connectivity index (χ3v) is 3.52. The summed E-state index contributed by atoms with van der Waals surface area (Å²) in [5.41, 5.74) is 0.117. The summed E-state index contributed by atoms with van der Waals surface area (Å²) in [5, 5.41) is 14.5. The highest BCUT2D eigenvalue weighted by molar-refractivity contribution is 7.99. The Labute approximate surface area is 126 Å². The van der Waals surface area contributed by atoms with Crippen molar-refractivity contribution in [1.82, 2.24) is 24.8 Å². The van der Waals surface area contributed by atoms with Crippen molar-refractivity contribution in [2.24, 2.45) is 0 Å². The number of aromatic nitrogens is 5. The predicted octanol–water partition coefficient (Wildman–Crippen LogP) is 0.682. The normalized spacial score (nSPS) is 10.8. The Kier molecular flexibility index (Phi) is 3.83. The number of hydrogen-bond acceptors (Lipinski definition) is 6. The molecule has 10 heteroatoms. The van der Waals surface area contributed by atoms with Gasteiger partial charge < -0.3 is 5.32 Å². The SMILES string of the molecule is O=C(CSc1nnc2[nH]c(=O)cnn12)Nc1ccc(F)cc1. The number of fused-ring (bicyclic) bond motifs is 1. The molecule has 1 amide bonds. The number of rotatable bonds is 4. The fourth-order valence-electron chi connectivity index (χ4n) is 1.65. The van der Waals surface area contributed by atoms with E-state index in [9.17, 15) is 14.0 Å². The number of nitrogens with one attached hydrogen (secondary N) is 2. The van der Waals surface area contributed by atoms with Crippen molar-refractivity contribution in [2.75, 3.05) is 11.1 Å². The van der Waals surface area contributed by atoms with Crippen LogP contribution in [0.15, 0.2) is 40.4 Å². The summed E-state index contributed by atoms with van der Waals surface area (Å²) in [4.78, 5) is 25.4. The predicted molar refractivity (Wildman–Crippen MR) is 77.2 cm³/mol. The van der Waals surface area contributed by atoms with Crippen LogP contribution in [0.5, 0.6) is 0 Å². The third kappa shape index (κ3) is 3.11. The molecule has 0 fully saturated rings. The molecule has 8 nitrogen and oxygen atoms in total. The van der Waals surface area contributed by atoms with Crippen LogP contribution in [0.1, 0.15) is 0 Å². The lowest BCUT2D eigenvalue weighted by Crippen LogP contribution is -2.14. The molecular formula is C12H9FN6O2S. The summed E-state index contributed by atoms with van der Waals surface area (Å²) in [6, 6.07) is 5.46. The summed E-state index contributed by atoms with van der Waals surface area (Å²) < 4.78 is 14.1. The van der Waals surface area contributed by atoms with Gasteiger partial charge in [0.25, 0.3) is 11.3 Å². The first kappa shape index (κ1) is 14.2. The van der Waals surface area contributed by atoms with E-state index in [1.807, 2.05) is 0 Å². The third-order valence-electron chi connectivity index (χ3n) is 2.60. The highest BCUT2D eigenvalue weighted by Gasteiger charge is 2.10. The molecule has 0 bridgehead atoms. The average Bonchev–Trinajstić information content (AvgIpc) is 2.89. The second-order valence-electron chi connectivity index (χ2n) is 4.20. The van der Waals surface area contributed by atoms with Gasteiger partial charge in [-0.25, -0.2) is 4.39 Å². The van der Waals surface area contributed by atoms with E-state index in [0.717, 1.165) is 18.0 Å². The molecule has 1 aromatic carbocycles. The van der Waals surface area contributed by atoms with Crippen LogP contribution in [0.2, 0.25) is 0 Å². The number of benzene rings is 1. The van der Waals surface area contributed by atoms with Crippen molar-refractivity contribution >= 4 is 29.1 Å². The van der Waals surface area contributed by atoms with E-state index in [4.69, 9.17) is 0 Å². The summed E-state index contributed by atoms with van der Waals surface area (Å²) in [6.07, 6.45) is 1.10. The maximum Gasteiger partial charge on any atom is 0.271 e. The number of carbonyl (C=O) groups excluding carboxylic acids is 1. The maximum absolute atomic E-state index is 12.8. The molecule has 2 aromatic heterocycles. The van der Waals surface area contributed by atoms with Crippen molar-refractivity contribution in [1.29, 1.82) is 0 Å². The number of carbonyl (C=O) groups is 1. The van der Waals surface area contributed by atoms with Gasteiger partial charge in [0, 0.05) is 5.69 Å². The molecule has 3 rings (SSSR count). The topological polar surface area (TPSA) is 105 Å². The van der Waals surface area contributed by atoms with E-state index in [1.165, 1.54) is 28.8 Å². The lowest BCUT2D eigenvalue weighted by molar-refractivity contribution is -0.113. The second kappa shape index (κ2) is 5.93. The molecule has 22 heavy (non-hydrogen) atoms. The van der Waals surface area contributed by atoms with Crippen LogP contribution in [0.4, 0.5) is 10.1 Å². The molecule has 0 spiro atoms. The van der Waals surface area contributed by atoms with E-state index in [-0.39, 0.29) is 28.8 Å². The Morgan fingerprint density at radius 1 is 1.32 bits per heavy atom. The summed E-state index contributed by atoms with van der Waals surface area (Å²) in [7, 11) is 0. The van der Waals surface area contributed by atoms with Crippen LogP contribution in [-0.2, 0) is 4.79 Å². The molecule has 0 atom stereocenters. The maximum atomic E-state index is 12.8. The molecule has 2 N–H and O–H groups in total. The van der Waals surface area contributed by atoms with Crippen LogP contribution in [0.3, 0.4) is 0 Å². The van der Waals surface area contributed by atoms with Gasteiger partial charge in [-0.15, -0.1) is 10.2 Å². The van der Waals surface area contributed by atoms with Gasteiger partial charge in [0.1, 0.15) is 12.0 Å². The Balaban J connectivity index is 1.65. The van der Waals surface area contributed by atoms with Crippen LogP contribution in [0.25, 0.3) is 5.78 Å². The fraction of sp³-hybridized carbons (Fsp3) is 0.0833. The first-order valence-electron chi connectivity index (χ1n) is 6.11. The summed E-state index contributed by atoms with van der Waals surface area (Å²) >= 11 is 1.11.